The van der Waals surface area contributed by atoms with Crippen molar-refractivity contribution in [3.05, 3.63) is 50.1 Å². The van der Waals surface area contributed by atoms with E-state index in [0.717, 1.165) is 22.7 Å². The lowest BCUT2D eigenvalue weighted by molar-refractivity contribution is 0.413. The molecule has 0 atom stereocenters. The van der Waals surface area contributed by atoms with Crippen LogP contribution in [-0.2, 0) is 6.54 Å². The standard InChI is InChI=1S/C14H16BrN3O2/c1-8-4-11(20-3)5-10(17-8)6-18-7-12(16)9(2)13(15)14(18)19/h4-5,7H,6,16H2,1-3H3. The Labute approximate surface area is 125 Å². The molecule has 0 fully saturated rings. The first-order valence-corrected chi connectivity index (χ1v) is 6.88. The predicted molar refractivity (Wildman–Crippen MR) is 82.2 cm³/mol. The average molecular weight is 338 g/mol. The highest BCUT2D eigenvalue weighted by atomic mass is 79.9. The summed E-state index contributed by atoms with van der Waals surface area (Å²) in [5.74, 6) is 0.722. The number of halogens is 1. The molecule has 0 radical (unpaired) electrons. The van der Waals surface area contributed by atoms with Crippen molar-refractivity contribution in [3.8, 4) is 5.75 Å². The number of nitrogen functional groups attached to an aromatic ring is 1. The molecule has 5 nitrogen and oxygen atoms in total. The van der Waals surface area contributed by atoms with E-state index in [-0.39, 0.29) is 5.56 Å². The molecule has 6 heteroatoms. The van der Waals surface area contributed by atoms with Gasteiger partial charge in [0.25, 0.3) is 5.56 Å². The van der Waals surface area contributed by atoms with Crippen molar-refractivity contribution in [2.24, 2.45) is 0 Å². The van der Waals surface area contributed by atoms with Crippen LogP contribution < -0.4 is 16.0 Å². The number of rotatable bonds is 3. The summed E-state index contributed by atoms with van der Waals surface area (Å²) in [5.41, 5.74) is 8.67. The van der Waals surface area contributed by atoms with Crippen LogP contribution in [0.1, 0.15) is 17.0 Å². The van der Waals surface area contributed by atoms with E-state index in [1.807, 2.05) is 19.1 Å². The number of hydrogen-bond acceptors (Lipinski definition) is 4. The Kier molecular flexibility index (Phi) is 4.13. The topological polar surface area (TPSA) is 70.1 Å². The first kappa shape index (κ1) is 14.6. The molecule has 20 heavy (non-hydrogen) atoms. The van der Waals surface area contributed by atoms with Crippen LogP contribution in [0.25, 0.3) is 0 Å². The van der Waals surface area contributed by atoms with Crippen molar-refractivity contribution in [2.75, 3.05) is 12.8 Å². The number of nitrogens with two attached hydrogens (primary N) is 1. The molecule has 0 saturated carbocycles. The van der Waals surface area contributed by atoms with Crippen molar-refractivity contribution in [1.29, 1.82) is 0 Å². The van der Waals surface area contributed by atoms with Gasteiger partial charge in [-0.2, -0.15) is 0 Å². The lowest BCUT2D eigenvalue weighted by atomic mass is 10.2. The Balaban J connectivity index is 2.45. The molecule has 0 spiro atoms. The first-order chi connectivity index (χ1) is 9.42. The highest BCUT2D eigenvalue weighted by Crippen LogP contribution is 2.18. The van der Waals surface area contributed by atoms with Gasteiger partial charge in [0.05, 0.1) is 29.5 Å². The second kappa shape index (κ2) is 5.66. The highest BCUT2D eigenvalue weighted by molar-refractivity contribution is 9.10. The number of hydrogen-bond donors (Lipinski definition) is 1. The minimum absolute atomic E-state index is 0.126. The Bertz CT molecular complexity index is 710. The van der Waals surface area contributed by atoms with Crippen LogP contribution in [0.3, 0.4) is 0 Å². The van der Waals surface area contributed by atoms with Crippen LogP contribution in [0.2, 0.25) is 0 Å². The van der Waals surface area contributed by atoms with E-state index in [2.05, 4.69) is 20.9 Å². The summed E-state index contributed by atoms with van der Waals surface area (Å²) in [6, 6.07) is 3.65. The fourth-order valence-corrected chi connectivity index (χ4v) is 2.39. The number of anilines is 1. The van der Waals surface area contributed by atoms with Gasteiger partial charge in [-0.05, 0) is 35.3 Å². The second-order valence-corrected chi connectivity index (χ2v) is 5.39. The SMILES string of the molecule is COc1cc(C)nc(Cn2cc(N)c(C)c(Br)c2=O)c1. The smallest absolute Gasteiger partial charge is 0.265 e. The molecule has 0 unspecified atom stereocenters. The third kappa shape index (κ3) is 2.85. The number of methoxy groups -OCH3 is 1. The largest absolute Gasteiger partial charge is 0.497 e. The Hall–Kier alpha value is -1.82. The highest BCUT2D eigenvalue weighted by Gasteiger charge is 2.10. The van der Waals surface area contributed by atoms with Crippen LogP contribution in [0.4, 0.5) is 5.69 Å². The molecule has 106 valence electrons. The molecule has 2 rings (SSSR count). The van der Waals surface area contributed by atoms with Crippen molar-refractivity contribution in [2.45, 2.75) is 20.4 Å². The number of ether oxygens (including phenoxy) is 1. The van der Waals surface area contributed by atoms with Crippen molar-refractivity contribution < 1.29 is 4.74 Å². The number of aryl methyl sites for hydroxylation is 1. The molecule has 0 aromatic carbocycles. The van der Waals surface area contributed by atoms with E-state index in [1.54, 1.807) is 20.2 Å². The van der Waals surface area contributed by atoms with Crippen molar-refractivity contribution >= 4 is 21.6 Å². The van der Waals surface area contributed by atoms with Gasteiger partial charge in [0, 0.05) is 24.0 Å². The maximum atomic E-state index is 12.2. The molecule has 2 N–H and O–H groups in total. The lowest BCUT2D eigenvalue weighted by Gasteiger charge is -2.11. The predicted octanol–water partition coefficient (Wildman–Crippen LogP) is 2.26. The van der Waals surface area contributed by atoms with Gasteiger partial charge in [0.2, 0.25) is 0 Å². The van der Waals surface area contributed by atoms with E-state index in [0.29, 0.717) is 16.7 Å². The van der Waals surface area contributed by atoms with Crippen LogP contribution >= 0.6 is 15.9 Å². The summed E-state index contributed by atoms with van der Waals surface area (Å²) >= 11 is 3.28. The quantitative estimate of drug-likeness (QED) is 0.932. The molecule has 0 aliphatic heterocycles. The number of pyridine rings is 2. The molecule has 0 amide bonds. The summed E-state index contributed by atoms with van der Waals surface area (Å²) in [5, 5.41) is 0. The van der Waals surface area contributed by atoms with Gasteiger partial charge in [-0.3, -0.25) is 9.78 Å². The Morgan fingerprint density at radius 2 is 2.10 bits per heavy atom. The van der Waals surface area contributed by atoms with Crippen LogP contribution in [0.15, 0.2) is 27.6 Å². The first-order valence-electron chi connectivity index (χ1n) is 6.09. The molecule has 2 aromatic rings. The molecule has 0 saturated heterocycles. The molecule has 2 aromatic heterocycles. The number of aromatic nitrogens is 2. The van der Waals surface area contributed by atoms with Crippen LogP contribution in [0, 0.1) is 13.8 Å². The summed E-state index contributed by atoms with van der Waals surface area (Å²) in [4.78, 5) is 16.6. The normalized spacial score (nSPS) is 10.6. The monoisotopic (exact) mass is 337 g/mol. The zero-order chi connectivity index (χ0) is 14.9. The molecule has 2 heterocycles. The summed E-state index contributed by atoms with van der Waals surface area (Å²) in [6.07, 6.45) is 1.64. The van der Waals surface area contributed by atoms with E-state index in [9.17, 15) is 4.79 Å². The Morgan fingerprint density at radius 1 is 1.40 bits per heavy atom. The van der Waals surface area contributed by atoms with Crippen molar-refractivity contribution in [1.82, 2.24) is 9.55 Å². The van der Waals surface area contributed by atoms with Gasteiger partial charge < -0.3 is 15.0 Å². The molecular weight excluding hydrogens is 322 g/mol. The fraction of sp³-hybridized carbons (Fsp3) is 0.286. The van der Waals surface area contributed by atoms with Crippen molar-refractivity contribution in [3.63, 3.8) is 0 Å². The zero-order valence-electron chi connectivity index (χ0n) is 11.6. The van der Waals surface area contributed by atoms with Gasteiger partial charge in [0.15, 0.2) is 0 Å². The second-order valence-electron chi connectivity index (χ2n) is 4.60. The summed E-state index contributed by atoms with van der Waals surface area (Å²) in [6.45, 7) is 4.03. The van der Waals surface area contributed by atoms with Gasteiger partial charge >= 0.3 is 0 Å². The van der Waals surface area contributed by atoms with E-state index >= 15 is 0 Å². The lowest BCUT2D eigenvalue weighted by Crippen LogP contribution is -2.23. The summed E-state index contributed by atoms with van der Waals surface area (Å²) in [7, 11) is 1.60. The molecule has 0 aliphatic rings. The van der Waals surface area contributed by atoms with Crippen LogP contribution in [-0.4, -0.2) is 16.7 Å². The maximum absolute atomic E-state index is 12.2. The van der Waals surface area contributed by atoms with Gasteiger partial charge in [-0.1, -0.05) is 0 Å². The van der Waals surface area contributed by atoms with E-state index in [1.165, 1.54) is 4.57 Å². The third-order valence-electron chi connectivity index (χ3n) is 3.05. The molecular formula is C14H16BrN3O2. The zero-order valence-corrected chi connectivity index (χ0v) is 13.2. The summed E-state index contributed by atoms with van der Waals surface area (Å²) < 4.78 is 7.23. The maximum Gasteiger partial charge on any atom is 0.265 e. The third-order valence-corrected chi connectivity index (χ3v) is 3.99. The minimum Gasteiger partial charge on any atom is -0.497 e. The molecule has 0 bridgehead atoms. The van der Waals surface area contributed by atoms with E-state index < -0.39 is 0 Å². The number of nitrogens with zero attached hydrogens (tertiary/aromatic N) is 2. The minimum atomic E-state index is -0.126. The average Bonchev–Trinajstić information content (AvgIpc) is 2.41. The fourth-order valence-electron chi connectivity index (χ4n) is 1.93. The van der Waals surface area contributed by atoms with Crippen LogP contribution in [0.5, 0.6) is 5.75 Å². The Morgan fingerprint density at radius 3 is 2.75 bits per heavy atom. The van der Waals surface area contributed by atoms with Gasteiger partial charge in [-0.25, -0.2) is 0 Å². The van der Waals surface area contributed by atoms with Gasteiger partial charge in [0.1, 0.15) is 5.75 Å². The molecule has 0 aliphatic carbocycles. The van der Waals surface area contributed by atoms with E-state index in [4.69, 9.17) is 10.5 Å². The van der Waals surface area contributed by atoms with Gasteiger partial charge in [-0.15, -0.1) is 0 Å².